The van der Waals surface area contributed by atoms with Crippen LogP contribution in [-0.2, 0) is 4.79 Å². The zero-order valence-corrected chi connectivity index (χ0v) is 14.1. The van der Waals surface area contributed by atoms with Gasteiger partial charge in [-0.25, -0.2) is 4.79 Å². The van der Waals surface area contributed by atoms with Crippen LogP contribution in [0.4, 0.5) is 0 Å². The van der Waals surface area contributed by atoms with Gasteiger partial charge in [0.15, 0.2) is 0 Å². The van der Waals surface area contributed by atoms with Gasteiger partial charge < -0.3 is 11.8 Å². The number of carboxylic acid groups (broad SMARTS) is 1. The van der Waals surface area contributed by atoms with E-state index in [0.717, 1.165) is 0 Å². The maximum Gasteiger partial charge on any atom is 1.00 e. The standard InChI is InChI=1S/C14H16N2O3.Na.H/c1-8(2)14(3)13(19)15-11(16-14)9-6-4-5-7-10(9)12(17)18;;/h4-8H,1-3H3,(H,17,18)(H,15,16,19);;/q;+1;-1. The topological polar surface area (TPSA) is 78.8 Å². The number of benzene rings is 1. The van der Waals surface area contributed by atoms with Crippen LogP contribution in [0.5, 0.6) is 0 Å². The van der Waals surface area contributed by atoms with Crippen LogP contribution in [0.3, 0.4) is 0 Å². The van der Waals surface area contributed by atoms with Crippen molar-refractivity contribution in [1.29, 1.82) is 0 Å². The summed E-state index contributed by atoms with van der Waals surface area (Å²) in [4.78, 5) is 27.6. The summed E-state index contributed by atoms with van der Waals surface area (Å²) in [5, 5.41) is 11.8. The summed E-state index contributed by atoms with van der Waals surface area (Å²) in [6.07, 6.45) is 0. The Labute approximate surface area is 141 Å². The molecule has 0 aliphatic carbocycles. The fourth-order valence-electron chi connectivity index (χ4n) is 1.94. The molecule has 1 amide bonds. The van der Waals surface area contributed by atoms with Crippen LogP contribution < -0.4 is 34.9 Å². The Morgan fingerprint density at radius 3 is 2.50 bits per heavy atom. The van der Waals surface area contributed by atoms with Crippen molar-refractivity contribution in [1.82, 2.24) is 5.32 Å². The number of aliphatic imine (C=N–C) groups is 1. The monoisotopic (exact) mass is 284 g/mol. The molecule has 0 saturated carbocycles. The molecule has 0 aromatic heterocycles. The molecule has 1 unspecified atom stereocenters. The van der Waals surface area contributed by atoms with E-state index in [1.807, 2.05) is 13.8 Å². The first-order chi connectivity index (χ1) is 8.86. The number of carboxylic acids is 1. The molecule has 1 heterocycles. The molecular weight excluding hydrogens is 267 g/mol. The molecule has 1 aliphatic heterocycles. The van der Waals surface area contributed by atoms with Crippen molar-refractivity contribution < 1.29 is 45.7 Å². The molecular formula is C14H17N2NaO3. The number of hydrogen-bond acceptors (Lipinski definition) is 3. The molecule has 1 atom stereocenters. The summed E-state index contributed by atoms with van der Waals surface area (Å²) < 4.78 is 0. The molecule has 0 radical (unpaired) electrons. The molecule has 1 aliphatic rings. The number of aromatic carboxylic acids is 1. The average Bonchev–Trinajstić information content (AvgIpc) is 2.67. The summed E-state index contributed by atoms with van der Waals surface area (Å²) in [7, 11) is 0. The third-order valence-electron chi connectivity index (χ3n) is 3.57. The minimum Gasteiger partial charge on any atom is -1.00 e. The minimum absolute atomic E-state index is 0. The van der Waals surface area contributed by atoms with Gasteiger partial charge in [0.2, 0.25) is 0 Å². The summed E-state index contributed by atoms with van der Waals surface area (Å²) in [5.74, 6) is -0.871. The third-order valence-corrected chi connectivity index (χ3v) is 3.57. The second-order valence-corrected chi connectivity index (χ2v) is 5.07. The second-order valence-electron chi connectivity index (χ2n) is 5.07. The molecule has 20 heavy (non-hydrogen) atoms. The molecule has 1 aromatic rings. The van der Waals surface area contributed by atoms with Crippen molar-refractivity contribution in [2.75, 3.05) is 0 Å². The van der Waals surface area contributed by atoms with E-state index >= 15 is 0 Å². The van der Waals surface area contributed by atoms with Crippen molar-refractivity contribution in [2.45, 2.75) is 26.3 Å². The van der Waals surface area contributed by atoms with Crippen molar-refractivity contribution in [2.24, 2.45) is 10.9 Å². The quantitative estimate of drug-likeness (QED) is 0.684. The van der Waals surface area contributed by atoms with Crippen molar-refractivity contribution in [3.8, 4) is 0 Å². The largest absolute Gasteiger partial charge is 1.00 e. The zero-order chi connectivity index (χ0) is 14.2. The number of nitrogens with zero attached hydrogens (tertiary/aromatic N) is 1. The van der Waals surface area contributed by atoms with Gasteiger partial charge in [0, 0.05) is 5.56 Å². The first-order valence-corrected chi connectivity index (χ1v) is 6.10. The number of carbonyl (C=O) groups is 2. The van der Waals surface area contributed by atoms with Crippen molar-refractivity contribution >= 4 is 17.7 Å². The molecule has 0 bridgehead atoms. The van der Waals surface area contributed by atoms with Gasteiger partial charge in [0.05, 0.1) is 5.56 Å². The zero-order valence-electron chi connectivity index (χ0n) is 13.1. The Morgan fingerprint density at radius 2 is 2.00 bits per heavy atom. The fourth-order valence-corrected chi connectivity index (χ4v) is 1.94. The first-order valence-electron chi connectivity index (χ1n) is 6.10. The van der Waals surface area contributed by atoms with Crippen LogP contribution in [0, 0.1) is 5.92 Å². The molecule has 0 saturated heterocycles. The Hall–Kier alpha value is -1.17. The number of carbonyl (C=O) groups excluding carboxylic acids is 1. The molecule has 2 rings (SSSR count). The first kappa shape index (κ1) is 16.9. The van der Waals surface area contributed by atoms with Gasteiger partial charge in [-0.2, -0.15) is 0 Å². The molecule has 0 spiro atoms. The number of nitrogens with one attached hydrogen (secondary N) is 1. The summed E-state index contributed by atoms with van der Waals surface area (Å²) >= 11 is 0. The maximum atomic E-state index is 12.0. The van der Waals surface area contributed by atoms with E-state index in [1.165, 1.54) is 6.07 Å². The molecule has 0 fully saturated rings. The number of amidine groups is 1. The van der Waals surface area contributed by atoms with Gasteiger partial charge in [-0.1, -0.05) is 32.0 Å². The normalized spacial score (nSPS) is 21.2. The fraction of sp³-hybridized carbons (Fsp3) is 0.357. The van der Waals surface area contributed by atoms with Crippen LogP contribution in [0.15, 0.2) is 29.3 Å². The molecule has 5 nitrogen and oxygen atoms in total. The van der Waals surface area contributed by atoms with E-state index in [4.69, 9.17) is 5.11 Å². The molecule has 6 heteroatoms. The Balaban J connectivity index is 0.00000200. The molecule has 2 N–H and O–H groups in total. The predicted molar refractivity (Wildman–Crippen MR) is 72.4 cm³/mol. The van der Waals surface area contributed by atoms with Crippen LogP contribution in [-0.4, -0.2) is 28.4 Å². The number of rotatable bonds is 3. The van der Waals surface area contributed by atoms with E-state index in [1.54, 1.807) is 25.1 Å². The second kappa shape index (κ2) is 6.08. The van der Waals surface area contributed by atoms with E-state index in [9.17, 15) is 9.59 Å². The Kier molecular flexibility index (Phi) is 5.13. The summed E-state index contributed by atoms with van der Waals surface area (Å²) in [6.45, 7) is 5.58. The van der Waals surface area contributed by atoms with Gasteiger partial charge >= 0.3 is 35.5 Å². The van der Waals surface area contributed by atoms with Crippen LogP contribution in [0.1, 0.15) is 38.1 Å². The molecule has 1 aromatic carbocycles. The smallest absolute Gasteiger partial charge is 1.00 e. The summed E-state index contributed by atoms with van der Waals surface area (Å²) in [6, 6.07) is 6.51. The van der Waals surface area contributed by atoms with Crippen LogP contribution >= 0.6 is 0 Å². The molecule has 102 valence electrons. The van der Waals surface area contributed by atoms with E-state index < -0.39 is 11.5 Å². The van der Waals surface area contributed by atoms with Gasteiger partial charge in [-0.3, -0.25) is 9.79 Å². The maximum absolute atomic E-state index is 12.0. The van der Waals surface area contributed by atoms with Gasteiger partial charge in [-0.05, 0) is 18.9 Å². The predicted octanol–water partition coefficient (Wildman–Crippen LogP) is -1.21. The Bertz CT molecular complexity index is 589. The van der Waals surface area contributed by atoms with Crippen LogP contribution in [0.2, 0.25) is 0 Å². The van der Waals surface area contributed by atoms with E-state index in [-0.39, 0.29) is 48.4 Å². The Morgan fingerprint density at radius 1 is 1.40 bits per heavy atom. The van der Waals surface area contributed by atoms with Gasteiger partial charge in [0.25, 0.3) is 5.91 Å². The van der Waals surface area contributed by atoms with E-state index in [2.05, 4.69) is 10.3 Å². The number of hydrogen-bond donors (Lipinski definition) is 2. The van der Waals surface area contributed by atoms with Crippen molar-refractivity contribution in [3.63, 3.8) is 0 Å². The van der Waals surface area contributed by atoms with Gasteiger partial charge in [-0.15, -0.1) is 0 Å². The van der Waals surface area contributed by atoms with Crippen LogP contribution in [0.25, 0.3) is 0 Å². The summed E-state index contributed by atoms with van der Waals surface area (Å²) in [5.41, 5.74) is -0.275. The van der Waals surface area contributed by atoms with Gasteiger partial charge in [0.1, 0.15) is 11.4 Å². The SMILES string of the molecule is CC(C)C1(C)N=C(c2ccccc2C(=O)O)NC1=O.[H-].[Na+]. The minimum atomic E-state index is -1.04. The van der Waals surface area contributed by atoms with E-state index in [0.29, 0.717) is 11.4 Å². The third kappa shape index (κ3) is 2.80. The van der Waals surface area contributed by atoms with Crippen molar-refractivity contribution in [3.05, 3.63) is 35.4 Å². The number of amides is 1. The average molecular weight is 284 g/mol.